The molecule has 0 fully saturated rings. The summed E-state index contributed by atoms with van der Waals surface area (Å²) in [6, 6.07) is 11.1. The number of hydrogen-bond donors (Lipinski definition) is 1. The molecule has 2 aromatic carbocycles. The summed E-state index contributed by atoms with van der Waals surface area (Å²) in [5.74, 6) is -0.0327. The smallest absolute Gasteiger partial charge is 0.186 e. The summed E-state index contributed by atoms with van der Waals surface area (Å²) in [6.07, 6.45) is 0. The third kappa shape index (κ3) is 2.05. The molecule has 0 heterocycles. The Hall–Kier alpha value is -1.67. The van der Waals surface area contributed by atoms with E-state index in [9.17, 15) is 10.2 Å². The lowest BCUT2D eigenvalue weighted by molar-refractivity contribution is 0.355. The van der Waals surface area contributed by atoms with Crippen LogP contribution < -0.4 is 0 Å². The van der Waals surface area contributed by atoms with Gasteiger partial charge in [0.05, 0.1) is 0 Å². The predicted octanol–water partition coefficient (Wildman–Crippen LogP) is 3.86. The van der Waals surface area contributed by atoms with Crippen LogP contribution in [-0.2, 0) is 5.11 Å². The van der Waals surface area contributed by atoms with Crippen molar-refractivity contribution in [3.63, 3.8) is 0 Å². The Kier molecular flexibility index (Phi) is 2.52. The standard InChI is InChI=1S/C12H8ClO2/c13-9-3-1-8(2-4-9)11-7-10(14)5-6-12(11)15/h1-7,14H. The van der Waals surface area contributed by atoms with Crippen molar-refractivity contribution in [2.24, 2.45) is 0 Å². The number of benzene rings is 2. The van der Waals surface area contributed by atoms with Gasteiger partial charge in [-0.25, -0.2) is 0 Å². The molecular formula is C12H8ClO2. The summed E-state index contributed by atoms with van der Waals surface area (Å²) < 4.78 is 0. The van der Waals surface area contributed by atoms with Crippen LogP contribution in [0, 0.1) is 0 Å². The summed E-state index contributed by atoms with van der Waals surface area (Å²) in [7, 11) is 0. The van der Waals surface area contributed by atoms with Crippen LogP contribution in [0.3, 0.4) is 0 Å². The molecule has 0 aliphatic carbocycles. The topological polar surface area (TPSA) is 40.1 Å². The summed E-state index contributed by atoms with van der Waals surface area (Å²) in [5.41, 5.74) is 1.23. The second kappa shape index (κ2) is 3.83. The van der Waals surface area contributed by atoms with E-state index in [0.29, 0.717) is 10.6 Å². The molecule has 1 N–H and O–H groups in total. The third-order valence-corrected chi connectivity index (χ3v) is 2.37. The normalized spacial score (nSPS) is 10.2. The summed E-state index contributed by atoms with van der Waals surface area (Å²) in [5, 5.41) is 21.4. The van der Waals surface area contributed by atoms with Crippen molar-refractivity contribution in [1.82, 2.24) is 0 Å². The molecule has 0 aliphatic rings. The first-order chi connectivity index (χ1) is 7.16. The second-order valence-corrected chi connectivity index (χ2v) is 3.62. The van der Waals surface area contributed by atoms with Gasteiger partial charge in [-0.3, -0.25) is 5.11 Å². The van der Waals surface area contributed by atoms with Crippen LogP contribution in [0.15, 0.2) is 42.5 Å². The number of phenolic OH excluding ortho intramolecular Hbond substituents is 1. The van der Waals surface area contributed by atoms with E-state index >= 15 is 0 Å². The highest BCUT2D eigenvalue weighted by Gasteiger charge is 2.06. The number of halogens is 1. The number of rotatable bonds is 1. The summed E-state index contributed by atoms with van der Waals surface area (Å²) >= 11 is 5.74. The summed E-state index contributed by atoms with van der Waals surface area (Å²) in [6.45, 7) is 0. The molecule has 0 unspecified atom stereocenters. The molecule has 1 radical (unpaired) electrons. The SMILES string of the molecule is [O]c1ccc(O)cc1-c1ccc(Cl)cc1. The van der Waals surface area contributed by atoms with Crippen LogP contribution in [0.4, 0.5) is 0 Å². The molecule has 0 saturated heterocycles. The molecule has 0 aromatic heterocycles. The van der Waals surface area contributed by atoms with Crippen molar-refractivity contribution in [2.75, 3.05) is 0 Å². The van der Waals surface area contributed by atoms with E-state index < -0.39 is 0 Å². The maximum atomic E-state index is 11.5. The van der Waals surface area contributed by atoms with Crippen molar-refractivity contribution in [1.29, 1.82) is 0 Å². The van der Waals surface area contributed by atoms with E-state index in [-0.39, 0.29) is 11.5 Å². The van der Waals surface area contributed by atoms with Crippen molar-refractivity contribution in [3.8, 4) is 22.6 Å². The van der Waals surface area contributed by atoms with E-state index in [4.69, 9.17) is 11.6 Å². The zero-order chi connectivity index (χ0) is 10.8. The Labute approximate surface area is 92.4 Å². The monoisotopic (exact) mass is 219 g/mol. The fourth-order valence-corrected chi connectivity index (χ4v) is 1.50. The van der Waals surface area contributed by atoms with Gasteiger partial charge in [0.1, 0.15) is 5.75 Å². The highest BCUT2D eigenvalue weighted by Crippen LogP contribution is 2.32. The minimum Gasteiger partial charge on any atom is -0.508 e. The van der Waals surface area contributed by atoms with Gasteiger partial charge in [0.25, 0.3) is 0 Å². The van der Waals surface area contributed by atoms with E-state index in [1.165, 1.54) is 18.2 Å². The van der Waals surface area contributed by atoms with Gasteiger partial charge in [-0.1, -0.05) is 23.7 Å². The Bertz CT molecular complexity index is 477. The highest BCUT2D eigenvalue weighted by atomic mass is 35.5. The molecule has 0 spiro atoms. The number of aromatic hydroxyl groups is 1. The van der Waals surface area contributed by atoms with Crippen molar-refractivity contribution in [2.45, 2.75) is 0 Å². The molecule has 0 saturated carbocycles. The first-order valence-corrected chi connectivity index (χ1v) is 4.80. The Balaban J connectivity index is 2.53. The van der Waals surface area contributed by atoms with E-state index in [1.54, 1.807) is 24.3 Å². The molecular weight excluding hydrogens is 212 g/mol. The molecule has 0 bridgehead atoms. The molecule has 3 heteroatoms. The zero-order valence-corrected chi connectivity index (χ0v) is 8.53. The van der Waals surface area contributed by atoms with Crippen LogP contribution in [0.2, 0.25) is 5.02 Å². The summed E-state index contributed by atoms with van der Waals surface area (Å²) in [4.78, 5) is 0. The van der Waals surface area contributed by atoms with Gasteiger partial charge in [0, 0.05) is 10.6 Å². The fraction of sp³-hybridized carbons (Fsp3) is 0. The Morgan fingerprint density at radius 2 is 1.67 bits per heavy atom. The molecule has 0 amide bonds. The van der Waals surface area contributed by atoms with Gasteiger partial charge >= 0.3 is 0 Å². The van der Waals surface area contributed by atoms with Gasteiger partial charge in [0.15, 0.2) is 5.75 Å². The van der Waals surface area contributed by atoms with Crippen LogP contribution in [0.25, 0.3) is 11.1 Å². The van der Waals surface area contributed by atoms with Crippen molar-refractivity contribution in [3.05, 3.63) is 47.5 Å². The van der Waals surface area contributed by atoms with E-state index in [1.807, 2.05) is 0 Å². The molecule has 2 nitrogen and oxygen atoms in total. The second-order valence-electron chi connectivity index (χ2n) is 3.19. The zero-order valence-electron chi connectivity index (χ0n) is 7.77. The lowest BCUT2D eigenvalue weighted by Gasteiger charge is -2.03. The Morgan fingerprint density at radius 3 is 2.33 bits per heavy atom. The van der Waals surface area contributed by atoms with Crippen molar-refractivity contribution >= 4 is 11.6 Å². The maximum Gasteiger partial charge on any atom is 0.186 e. The Morgan fingerprint density at radius 1 is 1.00 bits per heavy atom. The average molecular weight is 220 g/mol. The number of hydrogen-bond acceptors (Lipinski definition) is 1. The van der Waals surface area contributed by atoms with Gasteiger partial charge in [-0.15, -0.1) is 0 Å². The highest BCUT2D eigenvalue weighted by molar-refractivity contribution is 6.30. The average Bonchev–Trinajstić information content (AvgIpc) is 2.23. The minimum absolute atomic E-state index is 0.0829. The van der Waals surface area contributed by atoms with Crippen molar-refractivity contribution < 1.29 is 10.2 Å². The largest absolute Gasteiger partial charge is 0.508 e. The quantitative estimate of drug-likeness (QED) is 0.777. The van der Waals surface area contributed by atoms with Gasteiger partial charge in [-0.2, -0.15) is 0 Å². The van der Waals surface area contributed by atoms with Gasteiger partial charge in [0.2, 0.25) is 0 Å². The molecule has 15 heavy (non-hydrogen) atoms. The third-order valence-electron chi connectivity index (χ3n) is 2.12. The van der Waals surface area contributed by atoms with Crippen LogP contribution in [-0.4, -0.2) is 5.11 Å². The van der Waals surface area contributed by atoms with Gasteiger partial charge < -0.3 is 5.11 Å². The fourth-order valence-electron chi connectivity index (χ4n) is 1.37. The maximum absolute atomic E-state index is 11.5. The van der Waals surface area contributed by atoms with E-state index in [0.717, 1.165) is 5.56 Å². The van der Waals surface area contributed by atoms with Crippen LogP contribution in [0.1, 0.15) is 0 Å². The van der Waals surface area contributed by atoms with Gasteiger partial charge in [-0.05, 0) is 35.9 Å². The molecule has 75 valence electrons. The van der Waals surface area contributed by atoms with Crippen LogP contribution in [0.5, 0.6) is 11.5 Å². The first kappa shape index (κ1) is 9.87. The number of phenols is 1. The minimum atomic E-state index is -0.116. The molecule has 2 aromatic rings. The van der Waals surface area contributed by atoms with E-state index in [2.05, 4.69) is 0 Å². The lowest BCUT2D eigenvalue weighted by Crippen LogP contribution is -1.78. The molecule has 2 rings (SSSR count). The predicted molar refractivity (Wildman–Crippen MR) is 58.7 cm³/mol. The molecule has 0 atom stereocenters. The molecule has 0 aliphatic heterocycles. The lowest BCUT2D eigenvalue weighted by atomic mass is 10.0. The first-order valence-electron chi connectivity index (χ1n) is 4.43. The van der Waals surface area contributed by atoms with Crippen LogP contribution >= 0.6 is 11.6 Å².